The fourth-order valence-corrected chi connectivity index (χ4v) is 2.69. The Hall–Kier alpha value is -0.360. The van der Waals surface area contributed by atoms with Gasteiger partial charge in [-0.3, -0.25) is 4.79 Å². The van der Waals surface area contributed by atoms with Gasteiger partial charge in [-0.2, -0.15) is 11.8 Å². The van der Waals surface area contributed by atoms with Crippen molar-refractivity contribution in [2.24, 2.45) is 0 Å². The number of carbonyl (C=O) groups excluding carboxylic acids is 2. The molecule has 1 N–H and O–H groups in total. The predicted molar refractivity (Wildman–Crippen MR) is 83.9 cm³/mol. The van der Waals surface area contributed by atoms with Gasteiger partial charge >= 0.3 is 6.09 Å². The van der Waals surface area contributed by atoms with Crippen LogP contribution < -0.4 is 5.32 Å². The van der Waals surface area contributed by atoms with E-state index in [0.29, 0.717) is 5.75 Å². The SMILES string of the molecule is CCSCCC(CSC(C)=O)NC(=O)OC(C)(C)C. The first-order chi connectivity index (χ1) is 8.74. The molecule has 0 rings (SSSR count). The van der Waals surface area contributed by atoms with Gasteiger partial charge in [0.05, 0.1) is 0 Å². The Morgan fingerprint density at radius 3 is 2.42 bits per heavy atom. The van der Waals surface area contributed by atoms with E-state index in [9.17, 15) is 9.59 Å². The minimum absolute atomic E-state index is 0.0252. The first kappa shape index (κ1) is 18.6. The van der Waals surface area contributed by atoms with E-state index < -0.39 is 11.7 Å². The Kier molecular flexibility index (Phi) is 9.35. The molecule has 112 valence electrons. The molecule has 0 heterocycles. The van der Waals surface area contributed by atoms with Gasteiger partial charge in [0, 0.05) is 18.7 Å². The second-order valence-corrected chi connectivity index (χ2v) is 7.72. The zero-order chi connectivity index (χ0) is 14.9. The van der Waals surface area contributed by atoms with Crippen molar-refractivity contribution in [3.8, 4) is 0 Å². The van der Waals surface area contributed by atoms with E-state index in [1.807, 2.05) is 32.5 Å². The first-order valence-corrected chi connectivity index (χ1v) is 8.59. The molecule has 0 saturated carbocycles. The molecule has 4 nitrogen and oxygen atoms in total. The summed E-state index contributed by atoms with van der Waals surface area (Å²) in [7, 11) is 0. The standard InChI is InChI=1S/C13H25NO3S2/c1-6-18-8-7-11(9-19-10(2)15)14-12(16)17-13(3,4)5/h11H,6-9H2,1-5H3,(H,14,16). The molecule has 0 radical (unpaired) electrons. The van der Waals surface area contributed by atoms with Crippen LogP contribution in [-0.2, 0) is 9.53 Å². The van der Waals surface area contributed by atoms with Crippen LogP contribution in [0.3, 0.4) is 0 Å². The van der Waals surface area contributed by atoms with Crippen LogP contribution in [0.15, 0.2) is 0 Å². The summed E-state index contributed by atoms with van der Waals surface area (Å²) < 4.78 is 5.23. The van der Waals surface area contributed by atoms with Crippen LogP contribution in [0.4, 0.5) is 4.79 Å². The summed E-state index contributed by atoms with van der Waals surface area (Å²) in [6.45, 7) is 9.14. The number of amides is 1. The number of hydrogen-bond donors (Lipinski definition) is 1. The van der Waals surface area contributed by atoms with Gasteiger partial charge in [-0.05, 0) is 38.7 Å². The monoisotopic (exact) mass is 307 g/mol. The third kappa shape index (κ3) is 12.4. The third-order valence-corrected chi connectivity index (χ3v) is 3.93. The van der Waals surface area contributed by atoms with Crippen molar-refractivity contribution >= 4 is 34.7 Å². The van der Waals surface area contributed by atoms with Gasteiger partial charge in [-0.1, -0.05) is 18.7 Å². The Morgan fingerprint density at radius 1 is 1.32 bits per heavy atom. The lowest BCUT2D eigenvalue weighted by Gasteiger charge is -2.23. The molecule has 1 amide bonds. The molecule has 0 aromatic rings. The third-order valence-electron chi connectivity index (χ3n) is 2.02. The van der Waals surface area contributed by atoms with Crippen molar-refractivity contribution in [2.75, 3.05) is 17.3 Å². The average molecular weight is 307 g/mol. The number of hydrogen-bond acceptors (Lipinski definition) is 5. The maximum Gasteiger partial charge on any atom is 0.407 e. The number of ether oxygens (including phenoxy) is 1. The van der Waals surface area contributed by atoms with Crippen molar-refractivity contribution < 1.29 is 14.3 Å². The Labute approximate surface area is 124 Å². The van der Waals surface area contributed by atoms with Crippen molar-refractivity contribution in [1.82, 2.24) is 5.32 Å². The molecule has 0 aliphatic heterocycles. The fraction of sp³-hybridized carbons (Fsp3) is 0.846. The Bertz CT molecular complexity index is 290. The molecule has 6 heteroatoms. The summed E-state index contributed by atoms with van der Waals surface area (Å²) in [4.78, 5) is 22.7. The molecule has 1 unspecified atom stereocenters. The number of carbonyl (C=O) groups is 2. The lowest BCUT2D eigenvalue weighted by Crippen LogP contribution is -2.40. The average Bonchev–Trinajstić information content (AvgIpc) is 2.23. The van der Waals surface area contributed by atoms with E-state index >= 15 is 0 Å². The highest BCUT2D eigenvalue weighted by molar-refractivity contribution is 8.13. The van der Waals surface area contributed by atoms with Crippen LogP contribution in [0.2, 0.25) is 0 Å². The predicted octanol–water partition coefficient (Wildman–Crippen LogP) is 3.30. The summed E-state index contributed by atoms with van der Waals surface area (Å²) >= 11 is 3.06. The minimum Gasteiger partial charge on any atom is -0.444 e. The molecule has 0 spiro atoms. The highest BCUT2D eigenvalue weighted by Crippen LogP contribution is 2.12. The first-order valence-electron chi connectivity index (χ1n) is 6.45. The van der Waals surface area contributed by atoms with Gasteiger partial charge in [0.25, 0.3) is 0 Å². The van der Waals surface area contributed by atoms with Gasteiger partial charge in [0.15, 0.2) is 5.12 Å². The number of rotatable bonds is 7. The fourth-order valence-electron chi connectivity index (χ4n) is 1.26. The van der Waals surface area contributed by atoms with Gasteiger partial charge in [-0.15, -0.1) is 0 Å². The Morgan fingerprint density at radius 2 is 1.95 bits per heavy atom. The van der Waals surface area contributed by atoms with Crippen LogP contribution >= 0.6 is 23.5 Å². The summed E-state index contributed by atoms with van der Waals surface area (Å²) in [5, 5.41) is 2.91. The molecule has 19 heavy (non-hydrogen) atoms. The quantitative estimate of drug-likeness (QED) is 0.731. The van der Waals surface area contributed by atoms with Gasteiger partial charge in [0.2, 0.25) is 0 Å². The molecule has 1 atom stereocenters. The maximum absolute atomic E-state index is 11.7. The minimum atomic E-state index is -0.499. The van der Waals surface area contributed by atoms with Crippen LogP contribution in [-0.4, -0.2) is 40.1 Å². The second kappa shape index (κ2) is 9.53. The summed E-state index contributed by atoms with van der Waals surface area (Å²) in [6, 6.07) is -0.0252. The Balaban J connectivity index is 4.22. The van der Waals surface area contributed by atoms with Crippen LogP contribution in [0.1, 0.15) is 41.0 Å². The van der Waals surface area contributed by atoms with E-state index in [2.05, 4.69) is 12.2 Å². The highest BCUT2D eigenvalue weighted by Gasteiger charge is 2.19. The molecule has 0 fully saturated rings. The van der Waals surface area contributed by atoms with Gasteiger partial charge < -0.3 is 10.1 Å². The van der Waals surface area contributed by atoms with Crippen LogP contribution in [0.5, 0.6) is 0 Å². The van der Waals surface area contributed by atoms with Crippen LogP contribution in [0, 0.1) is 0 Å². The molecule has 0 saturated heterocycles. The molecule has 0 bridgehead atoms. The number of thioether (sulfide) groups is 2. The van der Waals surface area contributed by atoms with Gasteiger partial charge in [0.1, 0.15) is 5.60 Å². The van der Waals surface area contributed by atoms with Gasteiger partial charge in [-0.25, -0.2) is 4.79 Å². The molecule has 0 aromatic carbocycles. The molecule has 0 aromatic heterocycles. The molecular weight excluding hydrogens is 282 g/mol. The molecule has 0 aliphatic carbocycles. The largest absolute Gasteiger partial charge is 0.444 e. The maximum atomic E-state index is 11.7. The summed E-state index contributed by atoms with van der Waals surface area (Å²) in [5.74, 6) is 2.62. The molecule has 0 aliphatic rings. The summed E-state index contributed by atoms with van der Waals surface area (Å²) in [6.07, 6.45) is 0.432. The topological polar surface area (TPSA) is 55.4 Å². The molecular formula is C13H25NO3S2. The normalized spacial score (nSPS) is 12.9. The van der Waals surface area contributed by atoms with E-state index in [1.165, 1.54) is 18.7 Å². The second-order valence-electron chi connectivity index (χ2n) is 5.13. The van der Waals surface area contributed by atoms with Crippen molar-refractivity contribution in [1.29, 1.82) is 0 Å². The smallest absolute Gasteiger partial charge is 0.407 e. The number of nitrogens with one attached hydrogen (secondary N) is 1. The van der Waals surface area contributed by atoms with Crippen molar-refractivity contribution in [3.63, 3.8) is 0 Å². The van der Waals surface area contributed by atoms with Crippen molar-refractivity contribution in [2.45, 2.75) is 52.7 Å². The van der Waals surface area contributed by atoms with E-state index in [4.69, 9.17) is 4.74 Å². The number of alkyl carbamates (subject to hydrolysis) is 1. The van der Waals surface area contributed by atoms with Crippen molar-refractivity contribution in [3.05, 3.63) is 0 Å². The van der Waals surface area contributed by atoms with E-state index in [1.54, 1.807) is 0 Å². The highest BCUT2D eigenvalue weighted by atomic mass is 32.2. The summed E-state index contributed by atoms with van der Waals surface area (Å²) in [5.41, 5.74) is -0.499. The lowest BCUT2D eigenvalue weighted by atomic mass is 10.2. The van der Waals surface area contributed by atoms with E-state index in [0.717, 1.165) is 17.9 Å². The van der Waals surface area contributed by atoms with E-state index in [-0.39, 0.29) is 11.2 Å². The lowest BCUT2D eigenvalue weighted by molar-refractivity contribution is -0.109. The zero-order valence-electron chi connectivity index (χ0n) is 12.4. The van der Waals surface area contributed by atoms with Crippen LogP contribution in [0.25, 0.3) is 0 Å². The zero-order valence-corrected chi connectivity index (χ0v) is 14.1.